The highest BCUT2D eigenvalue weighted by Crippen LogP contribution is 2.41. The van der Waals surface area contributed by atoms with Crippen LogP contribution in [-0.2, 0) is 6.42 Å². The molecule has 0 aliphatic heterocycles. The molecule has 1 nitrogen and oxygen atoms in total. The van der Waals surface area contributed by atoms with Gasteiger partial charge in [-0.15, -0.1) is 11.8 Å². The third-order valence-corrected chi connectivity index (χ3v) is 4.58. The summed E-state index contributed by atoms with van der Waals surface area (Å²) in [5.41, 5.74) is 6.84. The molecule has 1 aliphatic carbocycles. The van der Waals surface area contributed by atoms with E-state index in [1.54, 1.807) is 0 Å². The average molecular weight is 272 g/mol. The summed E-state index contributed by atoms with van der Waals surface area (Å²) in [7, 11) is 0. The molecule has 76 valence electrons. The first-order chi connectivity index (χ1) is 6.79. The van der Waals surface area contributed by atoms with Gasteiger partial charge in [-0.05, 0) is 59.4 Å². The van der Waals surface area contributed by atoms with E-state index in [-0.39, 0.29) is 0 Å². The molecule has 0 heterocycles. The lowest BCUT2D eigenvalue weighted by Gasteiger charge is -2.05. The van der Waals surface area contributed by atoms with Crippen molar-refractivity contribution in [2.75, 3.05) is 6.54 Å². The van der Waals surface area contributed by atoms with Crippen molar-refractivity contribution in [2.45, 2.75) is 29.4 Å². The maximum absolute atomic E-state index is 5.52. The number of hydrogen-bond acceptors (Lipinski definition) is 2. The summed E-state index contributed by atoms with van der Waals surface area (Å²) in [5.74, 6) is 0. The van der Waals surface area contributed by atoms with Gasteiger partial charge in [-0.25, -0.2) is 0 Å². The van der Waals surface area contributed by atoms with Gasteiger partial charge in [0.15, 0.2) is 0 Å². The Bertz CT molecular complexity index is 323. The Balaban J connectivity index is 2.09. The average Bonchev–Trinajstić information content (AvgIpc) is 2.94. The Labute approximate surface area is 97.6 Å². The van der Waals surface area contributed by atoms with E-state index < -0.39 is 0 Å². The van der Waals surface area contributed by atoms with E-state index in [0.29, 0.717) is 0 Å². The molecule has 0 unspecified atom stereocenters. The predicted octanol–water partition coefficient (Wildman–Crippen LogP) is 3.20. The molecule has 1 aromatic rings. The van der Waals surface area contributed by atoms with Gasteiger partial charge in [-0.2, -0.15) is 0 Å². The lowest BCUT2D eigenvalue weighted by Crippen LogP contribution is -2.02. The fraction of sp³-hybridized carbons (Fsp3) is 0.455. The molecule has 1 aliphatic rings. The summed E-state index contributed by atoms with van der Waals surface area (Å²) >= 11 is 5.60. The van der Waals surface area contributed by atoms with Gasteiger partial charge in [-0.3, -0.25) is 0 Å². The third kappa shape index (κ3) is 2.75. The van der Waals surface area contributed by atoms with Crippen molar-refractivity contribution in [1.29, 1.82) is 0 Å². The topological polar surface area (TPSA) is 26.0 Å². The van der Waals surface area contributed by atoms with Crippen LogP contribution >= 0.6 is 27.7 Å². The number of thioether (sulfide) groups is 1. The maximum atomic E-state index is 5.52. The molecule has 0 radical (unpaired) electrons. The molecule has 2 N–H and O–H groups in total. The van der Waals surface area contributed by atoms with E-state index in [1.807, 2.05) is 11.8 Å². The molecule has 0 atom stereocenters. The van der Waals surface area contributed by atoms with Crippen LogP contribution in [0.15, 0.2) is 27.6 Å². The van der Waals surface area contributed by atoms with Crippen LogP contribution in [0.4, 0.5) is 0 Å². The van der Waals surface area contributed by atoms with E-state index in [4.69, 9.17) is 5.73 Å². The van der Waals surface area contributed by atoms with Gasteiger partial charge in [0.1, 0.15) is 0 Å². The second-order valence-electron chi connectivity index (χ2n) is 3.62. The Hall–Kier alpha value is 0.01000. The van der Waals surface area contributed by atoms with Crippen LogP contribution in [-0.4, -0.2) is 11.8 Å². The van der Waals surface area contributed by atoms with Crippen LogP contribution in [0.3, 0.4) is 0 Å². The first-order valence-corrected chi connectivity index (χ1v) is 6.62. The van der Waals surface area contributed by atoms with Gasteiger partial charge < -0.3 is 5.73 Å². The summed E-state index contributed by atoms with van der Waals surface area (Å²) in [5, 5.41) is 0.867. The van der Waals surface area contributed by atoms with Crippen molar-refractivity contribution in [1.82, 2.24) is 0 Å². The fourth-order valence-electron chi connectivity index (χ4n) is 1.33. The SMILES string of the molecule is NCCc1ccc(SC2CC2)c(Br)c1. The van der Waals surface area contributed by atoms with Crippen molar-refractivity contribution in [3.63, 3.8) is 0 Å². The Morgan fingerprint density at radius 3 is 2.79 bits per heavy atom. The highest BCUT2D eigenvalue weighted by molar-refractivity contribution is 9.10. The van der Waals surface area contributed by atoms with E-state index in [0.717, 1.165) is 18.2 Å². The number of hydrogen-bond donors (Lipinski definition) is 1. The number of rotatable bonds is 4. The highest BCUT2D eigenvalue weighted by Gasteiger charge is 2.23. The second kappa shape index (κ2) is 4.69. The van der Waals surface area contributed by atoms with E-state index in [9.17, 15) is 0 Å². The van der Waals surface area contributed by atoms with Gasteiger partial charge >= 0.3 is 0 Å². The third-order valence-electron chi connectivity index (χ3n) is 2.25. The van der Waals surface area contributed by atoms with E-state index in [2.05, 4.69) is 34.1 Å². The smallest absolute Gasteiger partial charge is 0.0314 e. The molecular formula is C11H14BrNS. The molecule has 1 fully saturated rings. The van der Waals surface area contributed by atoms with Crippen LogP contribution in [0.5, 0.6) is 0 Å². The van der Waals surface area contributed by atoms with Gasteiger partial charge in [0.2, 0.25) is 0 Å². The Kier molecular flexibility index (Phi) is 3.52. The summed E-state index contributed by atoms with van der Waals surface area (Å²) < 4.78 is 1.22. The largest absolute Gasteiger partial charge is 0.330 e. The zero-order chi connectivity index (χ0) is 9.97. The Morgan fingerprint density at radius 2 is 2.21 bits per heavy atom. The molecule has 1 saturated carbocycles. The maximum Gasteiger partial charge on any atom is 0.0314 e. The normalized spacial score (nSPS) is 15.9. The Morgan fingerprint density at radius 1 is 1.43 bits per heavy atom. The second-order valence-corrected chi connectivity index (χ2v) is 5.82. The molecule has 0 aromatic heterocycles. The van der Waals surface area contributed by atoms with Crippen molar-refractivity contribution in [3.8, 4) is 0 Å². The molecule has 0 spiro atoms. The lowest BCUT2D eigenvalue weighted by molar-refractivity contribution is 0.965. The van der Waals surface area contributed by atoms with Crippen molar-refractivity contribution < 1.29 is 0 Å². The first-order valence-electron chi connectivity index (χ1n) is 4.95. The molecule has 0 bridgehead atoms. The van der Waals surface area contributed by atoms with Crippen LogP contribution in [0.2, 0.25) is 0 Å². The molecule has 3 heteroatoms. The van der Waals surface area contributed by atoms with Gasteiger partial charge in [0.25, 0.3) is 0 Å². The van der Waals surface area contributed by atoms with Crippen LogP contribution in [0, 0.1) is 0 Å². The van der Waals surface area contributed by atoms with Crippen molar-refractivity contribution in [2.24, 2.45) is 5.73 Å². The van der Waals surface area contributed by atoms with Crippen LogP contribution < -0.4 is 5.73 Å². The van der Waals surface area contributed by atoms with Gasteiger partial charge in [0.05, 0.1) is 0 Å². The number of nitrogens with two attached hydrogens (primary N) is 1. The minimum atomic E-state index is 0.724. The summed E-state index contributed by atoms with van der Waals surface area (Å²) in [6, 6.07) is 6.58. The highest BCUT2D eigenvalue weighted by atomic mass is 79.9. The zero-order valence-electron chi connectivity index (χ0n) is 8.00. The number of halogens is 1. The van der Waals surface area contributed by atoms with Gasteiger partial charge in [0, 0.05) is 14.6 Å². The standard InChI is InChI=1S/C11H14BrNS/c12-10-7-8(5-6-13)1-4-11(10)14-9-2-3-9/h1,4,7,9H,2-3,5-6,13H2. The quantitative estimate of drug-likeness (QED) is 0.910. The van der Waals surface area contributed by atoms with Crippen molar-refractivity contribution >= 4 is 27.7 Å². The lowest BCUT2D eigenvalue weighted by atomic mass is 10.2. The summed E-state index contributed by atoms with van der Waals surface area (Å²) in [6.07, 6.45) is 3.72. The first kappa shape index (κ1) is 10.5. The molecule has 0 saturated heterocycles. The zero-order valence-corrected chi connectivity index (χ0v) is 10.4. The van der Waals surface area contributed by atoms with Crippen molar-refractivity contribution in [3.05, 3.63) is 28.2 Å². The predicted molar refractivity (Wildman–Crippen MR) is 65.8 cm³/mol. The molecule has 0 amide bonds. The van der Waals surface area contributed by atoms with Gasteiger partial charge in [-0.1, -0.05) is 6.07 Å². The van der Waals surface area contributed by atoms with Crippen LogP contribution in [0.25, 0.3) is 0 Å². The fourth-order valence-corrected chi connectivity index (χ4v) is 3.08. The molecular weight excluding hydrogens is 258 g/mol. The minimum Gasteiger partial charge on any atom is -0.330 e. The van der Waals surface area contributed by atoms with Crippen LogP contribution in [0.1, 0.15) is 18.4 Å². The molecule has 2 rings (SSSR count). The van der Waals surface area contributed by atoms with E-state index in [1.165, 1.54) is 27.8 Å². The minimum absolute atomic E-state index is 0.724. The summed E-state index contributed by atoms with van der Waals surface area (Å²) in [4.78, 5) is 1.37. The molecule has 14 heavy (non-hydrogen) atoms. The monoisotopic (exact) mass is 271 g/mol. The summed E-state index contributed by atoms with van der Waals surface area (Å²) in [6.45, 7) is 0.724. The number of benzene rings is 1. The molecule has 1 aromatic carbocycles. The van der Waals surface area contributed by atoms with E-state index >= 15 is 0 Å².